The fourth-order valence-electron chi connectivity index (χ4n) is 4.38. The molecule has 0 atom stereocenters. The first-order chi connectivity index (χ1) is 20.6. The Hall–Kier alpha value is -2.97. The SMILES string of the molecule is Nc1c(Br)c(C(F)(F)F)cc(C(F)(F)F)c1-c1c(C(F)(F)F)cc(C(F)(F)F)c(Br)c1NP(c1ccccc1)c1ccccc1. The van der Waals surface area contributed by atoms with E-state index in [-0.39, 0.29) is 0 Å². The molecule has 4 aromatic carbocycles. The molecular weight excluding hydrogens is 783 g/mol. The van der Waals surface area contributed by atoms with Crippen LogP contribution in [-0.4, -0.2) is 0 Å². The van der Waals surface area contributed by atoms with Crippen molar-refractivity contribution in [3.05, 3.63) is 104 Å². The van der Waals surface area contributed by atoms with Gasteiger partial charge in [0.1, 0.15) is 0 Å². The van der Waals surface area contributed by atoms with Gasteiger partial charge >= 0.3 is 24.7 Å². The molecule has 4 aromatic rings. The number of benzene rings is 4. The number of hydrogen-bond donors (Lipinski definition) is 2. The molecule has 0 unspecified atom stereocenters. The highest BCUT2D eigenvalue weighted by molar-refractivity contribution is 9.11. The van der Waals surface area contributed by atoms with Crippen molar-refractivity contribution in [1.82, 2.24) is 0 Å². The number of anilines is 2. The maximum atomic E-state index is 14.6. The number of nitrogens with one attached hydrogen (secondary N) is 1. The van der Waals surface area contributed by atoms with Crippen LogP contribution in [0.3, 0.4) is 0 Å². The fraction of sp³-hybridized carbons (Fsp3) is 0.143. The van der Waals surface area contributed by atoms with Gasteiger partial charge in [0.25, 0.3) is 0 Å². The molecule has 0 bridgehead atoms. The van der Waals surface area contributed by atoms with Crippen LogP contribution in [0.2, 0.25) is 0 Å². The molecule has 0 saturated heterocycles. The minimum atomic E-state index is -5.75. The smallest absolute Gasteiger partial charge is 0.397 e. The highest BCUT2D eigenvalue weighted by atomic mass is 79.9. The number of nitrogen functional groups attached to an aromatic ring is 1. The maximum absolute atomic E-state index is 14.6. The minimum Gasteiger partial charge on any atom is -0.397 e. The molecule has 0 spiro atoms. The first-order valence-corrected chi connectivity index (χ1v) is 15.0. The third-order valence-corrected chi connectivity index (χ3v) is 10.0. The van der Waals surface area contributed by atoms with E-state index in [9.17, 15) is 52.7 Å². The third kappa shape index (κ3) is 7.22. The highest BCUT2D eigenvalue weighted by Gasteiger charge is 2.47. The van der Waals surface area contributed by atoms with Crippen LogP contribution in [0, 0.1) is 0 Å². The monoisotopic (exact) mass is 796 g/mol. The van der Waals surface area contributed by atoms with Crippen molar-refractivity contribution in [1.29, 1.82) is 0 Å². The topological polar surface area (TPSA) is 38.0 Å². The van der Waals surface area contributed by atoms with E-state index >= 15 is 0 Å². The second-order valence-electron chi connectivity index (χ2n) is 9.22. The molecular formula is C28H15Br2F12N2P. The largest absolute Gasteiger partial charge is 0.417 e. The van der Waals surface area contributed by atoms with Crippen molar-refractivity contribution in [3.8, 4) is 11.1 Å². The quantitative estimate of drug-likeness (QED) is 0.120. The Morgan fingerprint density at radius 3 is 1.24 bits per heavy atom. The Labute approximate surface area is 264 Å². The zero-order valence-electron chi connectivity index (χ0n) is 21.7. The molecule has 0 aliphatic rings. The fourth-order valence-corrected chi connectivity index (χ4v) is 7.65. The molecule has 0 aromatic heterocycles. The minimum absolute atomic E-state index is 0.333. The van der Waals surface area contributed by atoms with Gasteiger partial charge in [-0.15, -0.1) is 0 Å². The van der Waals surface area contributed by atoms with Crippen LogP contribution in [0.5, 0.6) is 0 Å². The summed E-state index contributed by atoms with van der Waals surface area (Å²) in [5, 5.41) is 3.27. The van der Waals surface area contributed by atoms with Gasteiger partial charge in [-0.2, -0.15) is 52.7 Å². The molecule has 240 valence electrons. The van der Waals surface area contributed by atoms with Crippen LogP contribution >= 0.6 is 39.9 Å². The van der Waals surface area contributed by atoms with Gasteiger partial charge in [-0.25, -0.2) is 0 Å². The van der Waals surface area contributed by atoms with E-state index in [1.165, 1.54) is 48.5 Å². The van der Waals surface area contributed by atoms with E-state index < -0.39 is 98.6 Å². The van der Waals surface area contributed by atoms with E-state index in [4.69, 9.17) is 5.73 Å². The number of rotatable bonds is 5. The van der Waals surface area contributed by atoms with Gasteiger partial charge in [0, 0.05) is 21.7 Å². The van der Waals surface area contributed by atoms with Gasteiger partial charge in [-0.05, 0) is 44.0 Å². The summed E-state index contributed by atoms with van der Waals surface area (Å²) in [7, 11) is -2.15. The normalized spacial score (nSPS) is 13.0. The first kappa shape index (κ1) is 34.9. The van der Waals surface area contributed by atoms with Gasteiger partial charge in [-0.3, -0.25) is 0 Å². The van der Waals surface area contributed by atoms with Crippen LogP contribution in [0.15, 0.2) is 81.7 Å². The average molecular weight is 798 g/mol. The van der Waals surface area contributed by atoms with Crippen LogP contribution < -0.4 is 21.4 Å². The van der Waals surface area contributed by atoms with E-state index in [1.807, 2.05) is 0 Å². The lowest BCUT2D eigenvalue weighted by molar-refractivity contribution is -0.145. The molecule has 0 amide bonds. The van der Waals surface area contributed by atoms with E-state index in [1.54, 1.807) is 12.1 Å². The van der Waals surface area contributed by atoms with Crippen molar-refractivity contribution >= 4 is 61.9 Å². The second-order valence-corrected chi connectivity index (χ2v) is 12.7. The summed E-state index contributed by atoms with van der Waals surface area (Å²) in [5.74, 6) is 0. The third-order valence-electron chi connectivity index (χ3n) is 6.29. The Bertz CT molecular complexity index is 1660. The lowest BCUT2D eigenvalue weighted by Crippen LogP contribution is -2.21. The highest BCUT2D eigenvalue weighted by Crippen LogP contribution is 2.57. The molecule has 0 aliphatic heterocycles. The van der Waals surface area contributed by atoms with Gasteiger partial charge in [-0.1, -0.05) is 60.7 Å². The zero-order chi connectivity index (χ0) is 33.7. The summed E-state index contributed by atoms with van der Waals surface area (Å²) in [6.45, 7) is 0. The van der Waals surface area contributed by atoms with E-state index in [2.05, 4.69) is 36.9 Å². The molecule has 17 heteroatoms. The van der Waals surface area contributed by atoms with Crippen molar-refractivity contribution in [2.45, 2.75) is 24.7 Å². The number of hydrogen-bond acceptors (Lipinski definition) is 2. The van der Waals surface area contributed by atoms with Gasteiger partial charge < -0.3 is 10.8 Å². The zero-order valence-corrected chi connectivity index (χ0v) is 25.8. The summed E-state index contributed by atoms with van der Waals surface area (Å²) in [6.07, 6.45) is -22.4. The van der Waals surface area contributed by atoms with E-state index in [0.717, 1.165) is 0 Å². The standard InChI is InChI=1S/C28H15Br2F12N2P/c29-21-17(27(37,38)39)11-15(25(31,32)33)19(23(21)43)20-16(26(34,35)36)12-18(28(40,41)42)22(30)24(20)44-45(13-7-3-1-4-8-13)14-9-5-2-6-10-14/h1-12,44H,43H2. The van der Waals surface area contributed by atoms with Crippen molar-refractivity contribution < 1.29 is 52.7 Å². The van der Waals surface area contributed by atoms with Crippen LogP contribution in [0.25, 0.3) is 11.1 Å². The molecule has 0 fully saturated rings. The molecule has 4 rings (SSSR count). The number of alkyl halides is 12. The van der Waals surface area contributed by atoms with Gasteiger partial charge in [0.05, 0.1) is 50.6 Å². The molecule has 0 saturated carbocycles. The Morgan fingerprint density at radius 1 is 0.511 bits per heavy atom. The van der Waals surface area contributed by atoms with Crippen LogP contribution in [0.1, 0.15) is 22.3 Å². The summed E-state index contributed by atoms with van der Waals surface area (Å²) in [6, 6.07) is 14.3. The van der Waals surface area contributed by atoms with Crippen LogP contribution in [-0.2, 0) is 24.7 Å². The maximum Gasteiger partial charge on any atom is 0.417 e. The summed E-state index contributed by atoms with van der Waals surface area (Å²) < 4.78 is 168. The predicted octanol–water partition coefficient (Wildman–Crippen LogP) is 11.0. The van der Waals surface area contributed by atoms with Crippen molar-refractivity contribution in [2.24, 2.45) is 0 Å². The molecule has 0 heterocycles. The molecule has 45 heavy (non-hydrogen) atoms. The van der Waals surface area contributed by atoms with Crippen LogP contribution in [0.4, 0.5) is 64.1 Å². The second kappa shape index (κ2) is 12.3. The summed E-state index contributed by atoms with van der Waals surface area (Å²) in [5.41, 5.74) is -8.30. The Balaban J connectivity index is 2.24. The molecule has 3 N–H and O–H groups in total. The van der Waals surface area contributed by atoms with Crippen molar-refractivity contribution in [2.75, 3.05) is 10.8 Å². The lowest BCUT2D eigenvalue weighted by Gasteiger charge is -2.29. The summed E-state index contributed by atoms with van der Waals surface area (Å²) >= 11 is 5.10. The Kier molecular flexibility index (Phi) is 9.56. The Morgan fingerprint density at radius 2 is 0.867 bits per heavy atom. The average Bonchev–Trinajstić information content (AvgIpc) is 2.92. The number of halogens is 14. The summed E-state index contributed by atoms with van der Waals surface area (Å²) in [4.78, 5) is 0. The lowest BCUT2D eigenvalue weighted by atomic mass is 9.89. The van der Waals surface area contributed by atoms with Gasteiger partial charge in [0.15, 0.2) is 0 Å². The van der Waals surface area contributed by atoms with E-state index in [0.29, 0.717) is 10.6 Å². The molecule has 2 nitrogen and oxygen atoms in total. The van der Waals surface area contributed by atoms with Gasteiger partial charge in [0.2, 0.25) is 0 Å². The number of nitrogens with two attached hydrogens (primary N) is 1. The van der Waals surface area contributed by atoms with Crippen molar-refractivity contribution in [3.63, 3.8) is 0 Å². The molecule has 0 aliphatic carbocycles. The predicted molar refractivity (Wildman–Crippen MR) is 154 cm³/mol. The molecule has 0 radical (unpaired) electrons. The first-order valence-electron chi connectivity index (χ1n) is 12.1.